The van der Waals surface area contributed by atoms with E-state index in [0.717, 1.165) is 54.0 Å². The zero-order chi connectivity index (χ0) is 22.0. The molecule has 0 bridgehead atoms. The van der Waals surface area contributed by atoms with E-state index in [9.17, 15) is 15.0 Å². The van der Waals surface area contributed by atoms with Gasteiger partial charge in [-0.15, -0.1) is 0 Å². The number of hydrogen-bond donors (Lipinski definition) is 3. The number of aromatic amines is 1. The average molecular weight is 445 g/mol. The average Bonchev–Trinajstić information content (AvgIpc) is 3.28. The van der Waals surface area contributed by atoms with Crippen LogP contribution in [-0.2, 0) is 11.3 Å². The molecule has 8 heteroatoms. The summed E-state index contributed by atoms with van der Waals surface area (Å²) in [5.74, 6) is 1.41. The highest BCUT2D eigenvalue weighted by molar-refractivity contribution is 7.09. The summed E-state index contributed by atoms with van der Waals surface area (Å²) < 4.78 is 12.0. The Hall–Kier alpha value is -2.42. The van der Waals surface area contributed by atoms with Gasteiger partial charge in [-0.25, -0.2) is 4.98 Å². The highest BCUT2D eigenvalue weighted by atomic mass is 32.1. The summed E-state index contributed by atoms with van der Waals surface area (Å²) in [6.07, 6.45) is 3.56. The largest absolute Gasteiger partial charge is 0.494 e. The van der Waals surface area contributed by atoms with Crippen LogP contribution in [0.25, 0.3) is 11.5 Å². The Bertz CT molecular complexity index is 1070. The van der Waals surface area contributed by atoms with E-state index in [1.807, 2.05) is 38.1 Å². The number of aromatic nitrogens is 2. The number of nitrogens with zero attached hydrogens (tertiary/aromatic N) is 1. The van der Waals surface area contributed by atoms with Crippen LogP contribution in [0.2, 0.25) is 0 Å². The second-order valence-electron chi connectivity index (χ2n) is 8.33. The van der Waals surface area contributed by atoms with E-state index >= 15 is 0 Å². The summed E-state index contributed by atoms with van der Waals surface area (Å²) in [6.45, 7) is 4.34. The van der Waals surface area contributed by atoms with Crippen LogP contribution in [0.4, 0.5) is 0 Å². The third-order valence-corrected chi connectivity index (χ3v) is 6.87. The van der Waals surface area contributed by atoms with Gasteiger partial charge in [-0.05, 0) is 51.2 Å². The summed E-state index contributed by atoms with van der Waals surface area (Å²) in [7, 11) is 0. The Morgan fingerprint density at radius 3 is 2.77 bits per heavy atom. The standard InChI is InChI=1S/C23H28N2O5S/c1-13-6-8-16(9-7-13)22-24-18(14(2)30-22)12-29-17-5-3-4-15(10-17)11-19(26)20-21(27)25-23(28)31-20/h6-9,15,17,19,26-27H,3-5,10-12H2,1-2H3,(H,25,28). The Morgan fingerprint density at radius 1 is 1.29 bits per heavy atom. The van der Waals surface area contributed by atoms with E-state index in [2.05, 4.69) is 9.97 Å². The first-order valence-electron chi connectivity index (χ1n) is 10.6. The lowest BCUT2D eigenvalue weighted by Crippen LogP contribution is -2.24. The molecule has 0 saturated heterocycles. The minimum absolute atomic E-state index is 0.0865. The van der Waals surface area contributed by atoms with Crippen molar-refractivity contribution in [3.05, 3.63) is 55.8 Å². The lowest BCUT2D eigenvalue weighted by Gasteiger charge is -2.30. The smallest absolute Gasteiger partial charge is 0.307 e. The summed E-state index contributed by atoms with van der Waals surface area (Å²) in [6, 6.07) is 8.07. The zero-order valence-corrected chi connectivity index (χ0v) is 18.6. The summed E-state index contributed by atoms with van der Waals surface area (Å²) in [5.41, 5.74) is 2.94. The van der Waals surface area contributed by atoms with Gasteiger partial charge in [0, 0.05) is 5.56 Å². The number of benzene rings is 1. The molecule has 1 aliphatic rings. The maximum absolute atomic E-state index is 11.4. The van der Waals surface area contributed by atoms with Crippen molar-refractivity contribution in [3.8, 4) is 17.3 Å². The van der Waals surface area contributed by atoms with Crippen LogP contribution in [0.1, 0.15) is 60.1 Å². The highest BCUT2D eigenvalue weighted by Crippen LogP contribution is 2.36. The van der Waals surface area contributed by atoms with Crippen molar-refractivity contribution in [3.63, 3.8) is 0 Å². The van der Waals surface area contributed by atoms with Crippen LogP contribution in [-0.4, -0.2) is 26.3 Å². The van der Waals surface area contributed by atoms with Gasteiger partial charge in [0.2, 0.25) is 11.8 Å². The Morgan fingerprint density at radius 2 is 2.06 bits per heavy atom. The fourth-order valence-corrected chi connectivity index (χ4v) is 4.89. The number of rotatable bonds is 7. The molecule has 3 N–H and O–H groups in total. The molecule has 0 amide bonds. The summed E-state index contributed by atoms with van der Waals surface area (Å²) >= 11 is 0.861. The monoisotopic (exact) mass is 444 g/mol. The highest BCUT2D eigenvalue weighted by Gasteiger charge is 2.27. The van der Waals surface area contributed by atoms with Gasteiger partial charge in [-0.2, -0.15) is 0 Å². The minimum Gasteiger partial charge on any atom is -0.494 e. The van der Waals surface area contributed by atoms with Crippen LogP contribution in [0, 0.1) is 19.8 Å². The third kappa shape index (κ3) is 5.26. The van der Waals surface area contributed by atoms with Crippen molar-refractivity contribution in [1.82, 2.24) is 9.97 Å². The van der Waals surface area contributed by atoms with Gasteiger partial charge in [0.25, 0.3) is 0 Å². The lowest BCUT2D eigenvalue weighted by molar-refractivity contribution is -0.00718. The van der Waals surface area contributed by atoms with Crippen molar-refractivity contribution in [2.24, 2.45) is 5.92 Å². The Balaban J connectivity index is 1.33. The number of nitrogens with one attached hydrogen (secondary N) is 1. The number of aliphatic hydroxyl groups excluding tert-OH is 1. The fraction of sp³-hybridized carbons (Fsp3) is 0.478. The first-order valence-corrected chi connectivity index (χ1v) is 11.5. The second-order valence-corrected chi connectivity index (χ2v) is 9.35. The number of H-pyrrole nitrogens is 1. The predicted octanol–water partition coefficient (Wildman–Crippen LogP) is 4.61. The molecule has 0 aliphatic heterocycles. The molecular formula is C23H28N2O5S. The van der Waals surface area contributed by atoms with Gasteiger partial charge in [0.15, 0.2) is 0 Å². The first-order chi connectivity index (χ1) is 14.9. The van der Waals surface area contributed by atoms with Gasteiger partial charge < -0.3 is 19.4 Å². The number of aliphatic hydroxyl groups is 1. The van der Waals surface area contributed by atoms with Crippen molar-refractivity contribution < 1.29 is 19.4 Å². The SMILES string of the molecule is Cc1ccc(-c2nc(COC3CCCC(CC(O)c4sc(=O)[nH]c4O)C3)c(C)o2)cc1. The number of thiazole rings is 1. The number of oxazole rings is 1. The first kappa shape index (κ1) is 21.8. The fourth-order valence-electron chi connectivity index (χ4n) is 4.17. The number of ether oxygens (including phenoxy) is 1. The van der Waals surface area contributed by atoms with Crippen LogP contribution in [0.15, 0.2) is 33.5 Å². The van der Waals surface area contributed by atoms with Crippen LogP contribution < -0.4 is 4.87 Å². The molecule has 1 saturated carbocycles. The van der Waals surface area contributed by atoms with Crippen molar-refractivity contribution in [2.75, 3.05) is 0 Å². The molecule has 1 fully saturated rings. The molecular weight excluding hydrogens is 416 g/mol. The molecule has 1 aromatic carbocycles. The van der Waals surface area contributed by atoms with Crippen LogP contribution in [0.3, 0.4) is 0 Å². The van der Waals surface area contributed by atoms with E-state index in [0.29, 0.717) is 23.8 Å². The quantitative estimate of drug-likeness (QED) is 0.491. The minimum atomic E-state index is -0.845. The molecule has 0 spiro atoms. The molecule has 31 heavy (non-hydrogen) atoms. The third-order valence-electron chi connectivity index (χ3n) is 5.90. The van der Waals surface area contributed by atoms with E-state index in [-0.39, 0.29) is 22.8 Å². The Kier molecular flexibility index (Phi) is 6.60. The van der Waals surface area contributed by atoms with Gasteiger partial charge in [0.05, 0.1) is 23.7 Å². The van der Waals surface area contributed by atoms with Crippen molar-refractivity contribution in [2.45, 2.75) is 64.8 Å². The molecule has 4 rings (SSSR count). The molecule has 7 nitrogen and oxygen atoms in total. The molecule has 2 aromatic heterocycles. The van der Waals surface area contributed by atoms with Crippen LogP contribution in [0.5, 0.6) is 5.88 Å². The molecule has 2 heterocycles. The van der Waals surface area contributed by atoms with Crippen molar-refractivity contribution in [1.29, 1.82) is 0 Å². The molecule has 166 valence electrons. The van der Waals surface area contributed by atoms with Crippen molar-refractivity contribution >= 4 is 11.3 Å². The second kappa shape index (κ2) is 9.38. The molecule has 1 aliphatic carbocycles. The predicted molar refractivity (Wildman–Crippen MR) is 118 cm³/mol. The van der Waals surface area contributed by atoms with Crippen LogP contribution >= 0.6 is 11.3 Å². The van der Waals surface area contributed by atoms with Gasteiger partial charge >= 0.3 is 4.87 Å². The zero-order valence-electron chi connectivity index (χ0n) is 17.8. The maximum atomic E-state index is 11.4. The topological polar surface area (TPSA) is 109 Å². The number of aryl methyl sites for hydroxylation is 2. The number of aromatic hydroxyl groups is 1. The molecule has 0 radical (unpaired) electrons. The lowest BCUT2D eigenvalue weighted by atomic mass is 9.83. The molecule has 3 atom stereocenters. The Labute approximate surface area is 184 Å². The summed E-state index contributed by atoms with van der Waals surface area (Å²) in [4.78, 5) is 18.3. The van der Waals surface area contributed by atoms with Gasteiger partial charge in [0.1, 0.15) is 11.5 Å². The number of hydrogen-bond acceptors (Lipinski definition) is 7. The summed E-state index contributed by atoms with van der Waals surface area (Å²) in [5, 5.41) is 20.2. The van der Waals surface area contributed by atoms with E-state index in [1.54, 1.807) is 0 Å². The maximum Gasteiger partial charge on any atom is 0.307 e. The molecule has 3 unspecified atom stereocenters. The van der Waals surface area contributed by atoms with E-state index in [1.165, 1.54) is 5.56 Å². The van der Waals surface area contributed by atoms with Gasteiger partial charge in [-0.3, -0.25) is 9.78 Å². The van der Waals surface area contributed by atoms with Gasteiger partial charge in [-0.1, -0.05) is 41.9 Å². The molecule has 3 aromatic rings. The normalized spacial score (nSPS) is 20.1. The van der Waals surface area contributed by atoms with E-state index < -0.39 is 6.10 Å². The van der Waals surface area contributed by atoms with E-state index in [4.69, 9.17) is 9.15 Å².